The van der Waals surface area contributed by atoms with Crippen molar-refractivity contribution in [1.29, 1.82) is 0 Å². The molecule has 1 aromatic heterocycles. The number of pyridine rings is 1. The number of primary amides is 1. The molecule has 1 aliphatic heterocycles. The molecule has 0 bridgehead atoms. The summed E-state index contributed by atoms with van der Waals surface area (Å²) in [5, 5.41) is 2.62. The minimum Gasteiger partial charge on any atom is -0.369 e. The lowest BCUT2D eigenvalue weighted by molar-refractivity contribution is -0.128. The van der Waals surface area contributed by atoms with Gasteiger partial charge in [0.05, 0.1) is 12.0 Å². The molecule has 1 fully saturated rings. The summed E-state index contributed by atoms with van der Waals surface area (Å²) in [6.07, 6.45) is 0. The van der Waals surface area contributed by atoms with E-state index in [1.165, 1.54) is 17.9 Å². The molecule has 3 amide bonds. The van der Waals surface area contributed by atoms with Gasteiger partial charge >= 0.3 is 0 Å². The zero-order valence-electron chi connectivity index (χ0n) is 12.4. The first-order valence-corrected chi connectivity index (χ1v) is 6.85. The fourth-order valence-electron chi connectivity index (χ4n) is 2.49. The van der Waals surface area contributed by atoms with Crippen molar-refractivity contribution in [2.75, 3.05) is 13.1 Å². The summed E-state index contributed by atoms with van der Waals surface area (Å²) in [5.41, 5.74) is 5.41. The van der Waals surface area contributed by atoms with Gasteiger partial charge in [-0.1, -0.05) is 0 Å². The number of nitrogens with two attached hydrogens (primary N) is 1. The van der Waals surface area contributed by atoms with E-state index in [1.54, 1.807) is 13.0 Å². The molecular weight excluding hydrogens is 288 g/mol. The quantitative estimate of drug-likeness (QED) is 0.644. The van der Waals surface area contributed by atoms with Crippen LogP contribution >= 0.6 is 0 Å². The average molecular weight is 306 g/mol. The number of hydrogen-bond acceptors (Lipinski definition) is 4. The number of amides is 3. The Morgan fingerprint density at radius 2 is 2.00 bits per heavy atom. The molecule has 0 aliphatic carbocycles. The maximum atomic E-state index is 12.2. The Kier molecular flexibility index (Phi) is 4.30. The van der Waals surface area contributed by atoms with Gasteiger partial charge in [-0.3, -0.25) is 19.2 Å². The van der Waals surface area contributed by atoms with E-state index in [9.17, 15) is 19.2 Å². The van der Waals surface area contributed by atoms with E-state index in [1.807, 2.05) is 0 Å². The van der Waals surface area contributed by atoms with Crippen LogP contribution in [-0.4, -0.2) is 46.7 Å². The van der Waals surface area contributed by atoms with Crippen LogP contribution in [0.25, 0.3) is 0 Å². The predicted molar refractivity (Wildman–Crippen MR) is 78.0 cm³/mol. The predicted octanol–water partition coefficient (Wildman–Crippen LogP) is -1.25. The SMILES string of the molecule is CC(=O)N1C[C@H](NC(=O)c2ccc(C)[nH]c2=O)[C@H](C(N)=O)C1. The highest BCUT2D eigenvalue weighted by molar-refractivity contribution is 5.94. The van der Waals surface area contributed by atoms with Gasteiger partial charge in [0, 0.05) is 25.7 Å². The van der Waals surface area contributed by atoms with Crippen LogP contribution in [0.4, 0.5) is 0 Å². The molecule has 0 radical (unpaired) electrons. The molecule has 2 heterocycles. The number of carbonyl (C=O) groups is 3. The van der Waals surface area contributed by atoms with Crippen LogP contribution < -0.4 is 16.6 Å². The molecule has 1 aromatic rings. The molecule has 0 unspecified atom stereocenters. The summed E-state index contributed by atoms with van der Waals surface area (Å²) in [6.45, 7) is 3.44. The molecule has 2 rings (SSSR count). The minimum atomic E-state index is -0.669. The van der Waals surface area contributed by atoms with Crippen molar-refractivity contribution >= 4 is 17.7 Å². The standard InChI is InChI=1S/C14H18N4O4/c1-7-3-4-9(13(21)16-7)14(22)17-11-6-18(8(2)19)5-10(11)12(15)20/h3-4,10-11H,5-6H2,1-2H3,(H2,15,20)(H,16,21)(H,17,22)/t10-,11+/m1/s1. The lowest BCUT2D eigenvalue weighted by Gasteiger charge is -2.17. The van der Waals surface area contributed by atoms with Crippen molar-refractivity contribution in [1.82, 2.24) is 15.2 Å². The largest absolute Gasteiger partial charge is 0.369 e. The van der Waals surface area contributed by atoms with Gasteiger partial charge in [0.2, 0.25) is 11.8 Å². The van der Waals surface area contributed by atoms with Gasteiger partial charge in [-0.15, -0.1) is 0 Å². The maximum absolute atomic E-state index is 12.2. The van der Waals surface area contributed by atoms with Crippen LogP contribution in [0.15, 0.2) is 16.9 Å². The van der Waals surface area contributed by atoms with Gasteiger partial charge in [-0.25, -0.2) is 0 Å². The van der Waals surface area contributed by atoms with Crippen molar-refractivity contribution in [2.45, 2.75) is 19.9 Å². The smallest absolute Gasteiger partial charge is 0.260 e. The van der Waals surface area contributed by atoms with Crippen LogP contribution in [0.3, 0.4) is 0 Å². The van der Waals surface area contributed by atoms with E-state index >= 15 is 0 Å². The number of likely N-dealkylation sites (tertiary alicyclic amines) is 1. The zero-order valence-corrected chi connectivity index (χ0v) is 12.4. The molecule has 0 saturated carbocycles. The molecule has 4 N–H and O–H groups in total. The zero-order chi connectivity index (χ0) is 16.4. The summed E-state index contributed by atoms with van der Waals surface area (Å²) in [7, 11) is 0. The fraction of sp³-hybridized carbons (Fsp3) is 0.429. The second-order valence-corrected chi connectivity index (χ2v) is 5.40. The number of rotatable bonds is 3. The van der Waals surface area contributed by atoms with Crippen molar-refractivity contribution in [3.63, 3.8) is 0 Å². The Morgan fingerprint density at radius 1 is 1.32 bits per heavy atom. The summed E-state index contributed by atoms with van der Waals surface area (Å²) in [4.78, 5) is 50.8. The highest BCUT2D eigenvalue weighted by atomic mass is 16.2. The summed E-state index contributed by atoms with van der Waals surface area (Å²) in [5.74, 6) is -2.05. The van der Waals surface area contributed by atoms with Gasteiger partial charge in [0.1, 0.15) is 5.56 Å². The molecule has 8 nitrogen and oxygen atoms in total. The van der Waals surface area contributed by atoms with Crippen molar-refractivity contribution in [3.8, 4) is 0 Å². The molecular formula is C14H18N4O4. The van der Waals surface area contributed by atoms with E-state index in [2.05, 4.69) is 10.3 Å². The lowest BCUT2D eigenvalue weighted by atomic mass is 10.0. The fourth-order valence-corrected chi connectivity index (χ4v) is 2.49. The number of carbonyl (C=O) groups excluding carboxylic acids is 3. The monoisotopic (exact) mass is 306 g/mol. The molecule has 0 aromatic carbocycles. The summed E-state index contributed by atoms with van der Waals surface area (Å²) >= 11 is 0. The van der Waals surface area contributed by atoms with Crippen LogP contribution in [0.5, 0.6) is 0 Å². The number of H-pyrrole nitrogens is 1. The van der Waals surface area contributed by atoms with Gasteiger partial charge in [-0.2, -0.15) is 0 Å². The van der Waals surface area contributed by atoms with Gasteiger partial charge in [0.15, 0.2) is 0 Å². The first kappa shape index (κ1) is 15.7. The van der Waals surface area contributed by atoms with Crippen molar-refractivity contribution in [2.24, 2.45) is 11.7 Å². The Hall–Kier alpha value is -2.64. The molecule has 1 aliphatic rings. The third-order valence-electron chi connectivity index (χ3n) is 3.75. The first-order chi connectivity index (χ1) is 10.3. The van der Waals surface area contributed by atoms with E-state index in [-0.39, 0.29) is 24.6 Å². The highest BCUT2D eigenvalue weighted by Crippen LogP contribution is 2.17. The molecule has 8 heteroatoms. The Balaban J connectivity index is 2.17. The van der Waals surface area contributed by atoms with Gasteiger partial charge in [0.25, 0.3) is 11.5 Å². The number of nitrogens with zero attached hydrogens (tertiary/aromatic N) is 1. The van der Waals surface area contributed by atoms with Crippen molar-refractivity contribution < 1.29 is 14.4 Å². The van der Waals surface area contributed by atoms with Crippen LogP contribution in [-0.2, 0) is 9.59 Å². The third kappa shape index (κ3) is 3.16. The molecule has 118 valence electrons. The normalized spacial score (nSPS) is 20.7. The van der Waals surface area contributed by atoms with E-state index in [4.69, 9.17) is 5.73 Å². The topological polar surface area (TPSA) is 125 Å². The second kappa shape index (κ2) is 6.00. The maximum Gasteiger partial charge on any atom is 0.260 e. The summed E-state index contributed by atoms with van der Waals surface area (Å²) in [6, 6.07) is 2.42. The third-order valence-corrected chi connectivity index (χ3v) is 3.75. The van der Waals surface area contributed by atoms with E-state index in [0.29, 0.717) is 5.69 Å². The molecule has 22 heavy (non-hydrogen) atoms. The van der Waals surface area contributed by atoms with E-state index in [0.717, 1.165) is 0 Å². The van der Waals surface area contributed by atoms with Crippen LogP contribution in [0, 0.1) is 12.8 Å². The van der Waals surface area contributed by atoms with Crippen LogP contribution in [0.2, 0.25) is 0 Å². The number of aryl methyl sites for hydroxylation is 1. The minimum absolute atomic E-state index is 0.0462. The van der Waals surface area contributed by atoms with Gasteiger partial charge < -0.3 is 20.9 Å². The number of hydrogen-bond donors (Lipinski definition) is 3. The molecule has 2 atom stereocenters. The lowest BCUT2D eigenvalue weighted by Crippen LogP contribution is -2.46. The Labute approximate surface area is 126 Å². The second-order valence-electron chi connectivity index (χ2n) is 5.40. The molecule has 1 saturated heterocycles. The molecule has 0 spiro atoms. The van der Waals surface area contributed by atoms with Crippen molar-refractivity contribution in [3.05, 3.63) is 33.7 Å². The average Bonchev–Trinajstić information content (AvgIpc) is 2.82. The Bertz CT molecular complexity index is 682. The first-order valence-electron chi connectivity index (χ1n) is 6.85. The summed E-state index contributed by atoms with van der Waals surface area (Å²) < 4.78 is 0. The highest BCUT2D eigenvalue weighted by Gasteiger charge is 2.38. The number of aromatic amines is 1. The van der Waals surface area contributed by atoms with Crippen LogP contribution in [0.1, 0.15) is 23.0 Å². The number of aromatic nitrogens is 1. The van der Waals surface area contributed by atoms with Gasteiger partial charge in [-0.05, 0) is 19.1 Å². The van der Waals surface area contributed by atoms with E-state index < -0.39 is 29.3 Å². The number of nitrogens with one attached hydrogen (secondary N) is 2. The Morgan fingerprint density at radius 3 is 2.55 bits per heavy atom.